The third kappa shape index (κ3) is 5.75. The van der Waals surface area contributed by atoms with E-state index in [1.807, 2.05) is 4.90 Å². The third-order valence-electron chi connectivity index (χ3n) is 1.57. The Labute approximate surface area is 85.4 Å². The highest BCUT2D eigenvalue weighted by Gasteiger charge is 2.10. The van der Waals surface area contributed by atoms with E-state index < -0.39 is 0 Å². The van der Waals surface area contributed by atoms with Crippen LogP contribution in [0.25, 0.3) is 0 Å². The second-order valence-electron chi connectivity index (χ2n) is 2.85. The predicted octanol–water partition coefficient (Wildman–Crippen LogP) is 3.15. The van der Waals surface area contributed by atoms with Crippen molar-refractivity contribution < 1.29 is 4.79 Å². The van der Waals surface area contributed by atoms with Crippen LogP contribution < -0.4 is 0 Å². The number of hydrogen-bond donors (Lipinski definition) is 0. The van der Waals surface area contributed by atoms with Crippen LogP contribution in [0.3, 0.4) is 0 Å². The van der Waals surface area contributed by atoms with Gasteiger partial charge in [0.1, 0.15) is 0 Å². The summed E-state index contributed by atoms with van der Waals surface area (Å²) in [5.41, 5.74) is 0. The van der Waals surface area contributed by atoms with E-state index in [1.165, 1.54) is 11.8 Å². The highest BCUT2D eigenvalue weighted by atomic mass is 32.2. The largest absolute Gasteiger partial charge is 0.334 e. The van der Waals surface area contributed by atoms with Gasteiger partial charge in [-0.3, -0.25) is 4.79 Å². The Morgan fingerprint density at radius 2 is 1.92 bits per heavy atom. The van der Waals surface area contributed by atoms with Crippen LogP contribution in [0.5, 0.6) is 0 Å². The van der Waals surface area contributed by atoms with Crippen molar-refractivity contribution in [1.82, 2.24) is 4.90 Å². The Hall–Kier alpha value is -0.440. The topological polar surface area (TPSA) is 20.3 Å². The molecule has 0 aliphatic rings. The van der Waals surface area contributed by atoms with Crippen molar-refractivity contribution in [3.63, 3.8) is 0 Å². The lowest BCUT2D eigenvalue weighted by atomic mass is 10.4. The van der Waals surface area contributed by atoms with Gasteiger partial charge in [-0.1, -0.05) is 31.7 Å². The first-order valence-corrected chi connectivity index (χ1v) is 5.77. The van der Waals surface area contributed by atoms with Crippen LogP contribution in [0.15, 0.2) is 12.7 Å². The number of amides is 1. The average Bonchev–Trinajstić information content (AvgIpc) is 2.14. The second kappa shape index (κ2) is 8.17. The van der Waals surface area contributed by atoms with Crippen LogP contribution in [-0.4, -0.2) is 29.0 Å². The molecule has 0 aromatic rings. The lowest BCUT2D eigenvalue weighted by Gasteiger charge is -2.20. The van der Waals surface area contributed by atoms with Gasteiger partial charge in [-0.25, -0.2) is 0 Å². The summed E-state index contributed by atoms with van der Waals surface area (Å²) in [7, 11) is 0. The standard InChI is InChI=1S/C10H19NOS/c1-4-7-11(8-5-2)10(12)13-9-6-3/h6H,3-5,7-9H2,1-2H3. The number of rotatable bonds is 6. The van der Waals surface area contributed by atoms with Gasteiger partial charge in [0.15, 0.2) is 0 Å². The molecule has 0 aromatic heterocycles. The summed E-state index contributed by atoms with van der Waals surface area (Å²) < 4.78 is 0. The fraction of sp³-hybridized carbons (Fsp3) is 0.700. The van der Waals surface area contributed by atoms with E-state index in [9.17, 15) is 4.79 Å². The van der Waals surface area contributed by atoms with E-state index in [-0.39, 0.29) is 5.24 Å². The zero-order valence-corrected chi connectivity index (χ0v) is 9.40. The number of nitrogens with zero attached hydrogens (tertiary/aromatic N) is 1. The van der Waals surface area contributed by atoms with Gasteiger partial charge in [0.05, 0.1) is 0 Å². The van der Waals surface area contributed by atoms with Crippen molar-refractivity contribution in [2.45, 2.75) is 26.7 Å². The maximum atomic E-state index is 11.5. The molecule has 0 N–H and O–H groups in total. The molecule has 0 bridgehead atoms. The number of hydrogen-bond acceptors (Lipinski definition) is 2. The summed E-state index contributed by atoms with van der Waals surface area (Å²) in [6, 6.07) is 0. The van der Waals surface area contributed by atoms with Crippen molar-refractivity contribution in [2.24, 2.45) is 0 Å². The van der Waals surface area contributed by atoms with Crippen molar-refractivity contribution in [3.8, 4) is 0 Å². The van der Waals surface area contributed by atoms with Gasteiger partial charge in [-0.15, -0.1) is 6.58 Å². The molecule has 1 amide bonds. The minimum atomic E-state index is 0.184. The summed E-state index contributed by atoms with van der Waals surface area (Å²) in [5.74, 6) is 0.711. The molecule has 0 heterocycles. The Bertz CT molecular complexity index is 153. The van der Waals surface area contributed by atoms with E-state index in [1.54, 1.807) is 6.08 Å². The minimum Gasteiger partial charge on any atom is -0.334 e. The first-order valence-electron chi connectivity index (χ1n) is 4.78. The van der Waals surface area contributed by atoms with Gasteiger partial charge in [0.25, 0.3) is 5.24 Å². The van der Waals surface area contributed by atoms with Crippen molar-refractivity contribution >= 4 is 17.0 Å². The number of thioether (sulfide) groups is 1. The van der Waals surface area contributed by atoms with Crippen molar-refractivity contribution in [1.29, 1.82) is 0 Å². The van der Waals surface area contributed by atoms with Crippen LogP contribution in [0.4, 0.5) is 4.79 Å². The first kappa shape index (κ1) is 12.6. The SMILES string of the molecule is C=CCSC(=O)N(CCC)CCC. The molecule has 0 fully saturated rings. The zero-order chi connectivity index (χ0) is 10.1. The van der Waals surface area contributed by atoms with E-state index in [2.05, 4.69) is 20.4 Å². The van der Waals surface area contributed by atoms with Crippen LogP contribution >= 0.6 is 11.8 Å². The first-order chi connectivity index (χ1) is 6.26. The van der Waals surface area contributed by atoms with E-state index in [0.717, 1.165) is 25.9 Å². The second-order valence-corrected chi connectivity index (χ2v) is 3.82. The Morgan fingerprint density at radius 3 is 2.31 bits per heavy atom. The molecule has 0 aliphatic heterocycles. The van der Waals surface area contributed by atoms with Gasteiger partial charge in [0.2, 0.25) is 0 Å². The summed E-state index contributed by atoms with van der Waals surface area (Å²) >= 11 is 1.33. The molecule has 13 heavy (non-hydrogen) atoms. The maximum Gasteiger partial charge on any atom is 0.281 e. The quantitative estimate of drug-likeness (QED) is 0.615. The molecular formula is C10H19NOS. The lowest BCUT2D eigenvalue weighted by Crippen LogP contribution is -2.29. The molecule has 0 rings (SSSR count). The average molecular weight is 201 g/mol. The molecule has 76 valence electrons. The van der Waals surface area contributed by atoms with E-state index in [0.29, 0.717) is 5.75 Å². The molecule has 0 radical (unpaired) electrons. The van der Waals surface area contributed by atoms with Gasteiger partial charge >= 0.3 is 0 Å². The summed E-state index contributed by atoms with van der Waals surface area (Å²) in [6.07, 6.45) is 3.82. The molecule has 0 atom stereocenters. The van der Waals surface area contributed by atoms with Gasteiger partial charge in [-0.2, -0.15) is 0 Å². The molecule has 0 aromatic carbocycles. The normalized spacial score (nSPS) is 9.69. The summed E-state index contributed by atoms with van der Waals surface area (Å²) in [4.78, 5) is 13.4. The van der Waals surface area contributed by atoms with Crippen molar-refractivity contribution in [2.75, 3.05) is 18.8 Å². The lowest BCUT2D eigenvalue weighted by molar-refractivity contribution is 0.223. The van der Waals surface area contributed by atoms with Crippen LogP contribution in [0.1, 0.15) is 26.7 Å². The Kier molecular flexibility index (Phi) is 7.90. The molecule has 2 nitrogen and oxygen atoms in total. The summed E-state index contributed by atoms with van der Waals surface area (Å²) in [6.45, 7) is 9.52. The van der Waals surface area contributed by atoms with E-state index >= 15 is 0 Å². The molecule has 0 spiro atoms. The highest BCUT2D eigenvalue weighted by molar-refractivity contribution is 8.13. The fourth-order valence-corrected chi connectivity index (χ4v) is 1.68. The van der Waals surface area contributed by atoms with E-state index in [4.69, 9.17) is 0 Å². The fourth-order valence-electron chi connectivity index (χ4n) is 1.06. The van der Waals surface area contributed by atoms with Gasteiger partial charge < -0.3 is 4.90 Å². The van der Waals surface area contributed by atoms with Crippen LogP contribution in [-0.2, 0) is 0 Å². The van der Waals surface area contributed by atoms with Gasteiger partial charge in [0, 0.05) is 18.8 Å². The predicted molar refractivity (Wildman–Crippen MR) is 60.2 cm³/mol. The Morgan fingerprint density at radius 1 is 1.38 bits per heavy atom. The van der Waals surface area contributed by atoms with Crippen molar-refractivity contribution in [3.05, 3.63) is 12.7 Å². The summed E-state index contributed by atoms with van der Waals surface area (Å²) in [5, 5.41) is 0.184. The Balaban J connectivity index is 3.86. The molecule has 0 unspecified atom stereocenters. The van der Waals surface area contributed by atoms with Crippen LogP contribution in [0, 0.1) is 0 Å². The molecule has 0 saturated carbocycles. The maximum absolute atomic E-state index is 11.5. The number of carbonyl (C=O) groups is 1. The third-order valence-corrected chi connectivity index (χ3v) is 2.48. The highest BCUT2D eigenvalue weighted by Crippen LogP contribution is 2.09. The molecular weight excluding hydrogens is 182 g/mol. The number of carbonyl (C=O) groups excluding carboxylic acids is 1. The zero-order valence-electron chi connectivity index (χ0n) is 8.58. The van der Waals surface area contributed by atoms with Gasteiger partial charge in [-0.05, 0) is 12.8 Å². The monoisotopic (exact) mass is 201 g/mol. The molecule has 0 saturated heterocycles. The molecule has 0 aliphatic carbocycles. The molecule has 3 heteroatoms. The smallest absolute Gasteiger partial charge is 0.281 e. The van der Waals surface area contributed by atoms with Crippen LogP contribution in [0.2, 0.25) is 0 Å². The minimum absolute atomic E-state index is 0.184.